The Kier molecular flexibility index (Phi) is 5.83. The fourth-order valence-corrected chi connectivity index (χ4v) is 3.07. The fourth-order valence-electron chi connectivity index (χ4n) is 3.07. The molecule has 0 saturated carbocycles. The zero-order valence-corrected chi connectivity index (χ0v) is 16.2. The molecule has 0 radical (unpaired) electrons. The van der Waals surface area contributed by atoms with Crippen molar-refractivity contribution in [3.05, 3.63) is 47.5 Å². The lowest BCUT2D eigenvalue weighted by Gasteiger charge is -2.09. The van der Waals surface area contributed by atoms with Gasteiger partial charge in [-0.2, -0.15) is 0 Å². The van der Waals surface area contributed by atoms with Crippen LogP contribution in [0.25, 0.3) is 0 Å². The van der Waals surface area contributed by atoms with Gasteiger partial charge < -0.3 is 23.7 Å². The predicted octanol–water partition coefficient (Wildman–Crippen LogP) is 2.97. The number of carbonyl (C=O) groups is 3. The first-order valence-electron chi connectivity index (χ1n) is 9.61. The molecule has 0 amide bonds. The van der Waals surface area contributed by atoms with Crippen molar-refractivity contribution in [3.63, 3.8) is 0 Å². The third-order valence-corrected chi connectivity index (χ3v) is 4.68. The van der Waals surface area contributed by atoms with E-state index in [4.69, 9.17) is 23.7 Å². The van der Waals surface area contributed by atoms with Gasteiger partial charge in [-0.05, 0) is 36.4 Å². The monoisotopic (exact) mass is 412 g/mol. The summed E-state index contributed by atoms with van der Waals surface area (Å²) in [6, 6.07) is 9.72. The SMILES string of the molecule is O=C(CCC(=O)c1ccc2c(c1)OCCCO2)OCC(=O)c1ccc2c(c1)OCO2. The lowest BCUT2D eigenvalue weighted by atomic mass is 10.1. The van der Waals surface area contributed by atoms with Crippen molar-refractivity contribution in [1.29, 1.82) is 0 Å². The topological polar surface area (TPSA) is 97.4 Å². The van der Waals surface area contributed by atoms with Gasteiger partial charge in [0, 0.05) is 24.0 Å². The first kappa shape index (κ1) is 19.8. The van der Waals surface area contributed by atoms with E-state index in [9.17, 15) is 14.4 Å². The van der Waals surface area contributed by atoms with Crippen molar-refractivity contribution in [1.82, 2.24) is 0 Å². The predicted molar refractivity (Wildman–Crippen MR) is 103 cm³/mol. The van der Waals surface area contributed by atoms with E-state index in [1.54, 1.807) is 36.4 Å². The van der Waals surface area contributed by atoms with Crippen LogP contribution < -0.4 is 18.9 Å². The fraction of sp³-hybridized carbons (Fsp3) is 0.318. The molecule has 0 aromatic heterocycles. The van der Waals surface area contributed by atoms with Crippen molar-refractivity contribution in [2.45, 2.75) is 19.3 Å². The van der Waals surface area contributed by atoms with Gasteiger partial charge in [-0.15, -0.1) is 0 Å². The van der Waals surface area contributed by atoms with Crippen LogP contribution in [0.1, 0.15) is 40.0 Å². The summed E-state index contributed by atoms with van der Waals surface area (Å²) in [5, 5.41) is 0. The number of carbonyl (C=O) groups excluding carboxylic acids is 3. The van der Waals surface area contributed by atoms with Crippen LogP contribution >= 0.6 is 0 Å². The first-order chi connectivity index (χ1) is 14.6. The maximum atomic E-state index is 12.4. The van der Waals surface area contributed by atoms with Crippen LogP contribution in [-0.4, -0.2) is 44.1 Å². The molecule has 2 aliphatic rings. The number of esters is 1. The van der Waals surface area contributed by atoms with E-state index in [-0.39, 0.29) is 31.2 Å². The number of hydrogen-bond acceptors (Lipinski definition) is 8. The van der Waals surface area contributed by atoms with Crippen molar-refractivity contribution >= 4 is 17.5 Å². The number of rotatable bonds is 7. The van der Waals surface area contributed by atoms with Gasteiger partial charge in [0.2, 0.25) is 6.79 Å². The zero-order valence-electron chi connectivity index (χ0n) is 16.2. The second kappa shape index (κ2) is 8.86. The molecule has 4 rings (SSSR count). The second-order valence-corrected chi connectivity index (χ2v) is 6.79. The summed E-state index contributed by atoms with van der Waals surface area (Å²) in [6.07, 6.45) is 0.618. The van der Waals surface area contributed by atoms with Crippen molar-refractivity contribution in [2.75, 3.05) is 26.6 Å². The lowest BCUT2D eigenvalue weighted by molar-refractivity contribution is -0.142. The van der Waals surface area contributed by atoms with Crippen molar-refractivity contribution in [3.8, 4) is 23.0 Å². The zero-order chi connectivity index (χ0) is 20.9. The van der Waals surface area contributed by atoms with E-state index < -0.39 is 12.6 Å². The van der Waals surface area contributed by atoms with E-state index >= 15 is 0 Å². The molecule has 0 bridgehead atoms. The van der Waals surface area contributed by atoms with E-state index in [0.717, 1.165) is 6.42 Å². The Bertz CT molecular complexity index is 981. The van der Waals surface area contributed by atoms with Gasteiger partial charge in [0.15, 0.2) is 41.2 Å². The molecular formula is C22H20O8. The minimum absolute atomic E-state index is 0.0311. The molecule has 0 unspecified atom stereocenters. The Morgan fingerprint density at radius 3 is 2.10 bits per heavy atom. The van der Waals surface area contributed by atoms with Gasteiger partial charge >= 0.3 is 5.97 Å². The summed E-state index contributed by atoms with van der Waals surface area (Å²) in [7, 11) is 0. The lowest BCUT2D eigenvalue weighted by Crippen LogP contribution is -2.15. The summed E-state index contributed by atoms with van der Waals surface area (Å²) in [5.41, 5.74) is 0.791. The summed E-state index contributed by atoms with van der Waals surface area (Å²) in [6.45, 7) is 0.793. The van der Waals surface area contributed by atoms with Gasteiger partial charge in [-0.1, -0.05) is 0 Å². The Balaban J connectivity index is 1.26. The third kappa shape index (κ3) is 4.53. The van der Waals surface area contributed by atoms with Crippen LogP contribution in [0, 0.1) is 0 Å². The Hall–Kier alpha value is -3.55. The molecule has 0 saturated heterocycles. The highest BCUT2D eigenvalue weighted by Gasteiger charge is 2.18. The molecule has 2 aromatic rings. The Morgan fingerprint density at radius 2 is 1.33 bits per heavy atom. The normalized spacial score (nSPS) is 14.0. The minimum Gasteiger partial charge on any atom is -0.490 e. The number of hydrogen-bond donors (Lipinski definition) is 0. The molecule has 2 heterocycles. The van der Waals surface area contributed by atoms with Gasteiger partial charge in [-0.3, -0.25) is 14.4 Å². The minimum atomic E-state index is -0.619. The molecule has 0 atom stereocenters. The highest BCUT2D eigenvalue weighted by molar-refractivity contribution is 6.00. The van der Waals surface area contributed by atoms with Gasteiger partial charge in [0.1, 0.15) is 0 Å². The molecule has 0 fully saturated rings. The third-order valence-electron chi connectivity index (χ3n) is 4.68. The summed E-state index contributed by atoms with van der Waals surface area (Å²) < 4.78 is 26.5. The average molecular weight is 412 g/mol. The number of benzene rings is 2. The smallest absolute Gasteiger partial charge is 0.306 e. The molecule has 30 heavy (non-hydrogen) atoms. The van der Waals surface area contributed by atoms with Crippen LogP contribution in [-0.2, 0) is 9.53 Å². The molecule has 8 heteroatoms. The van der Waals surface area contributed by atoms with E-state index in [2.05, 4.69) is 0 Å². The number of Topliss-reactive ketones (excluding diaryl/α,β-unsaturated/α-hetero) is 2. The number of fused-ring (bicyclic) bond motifs is 2. The van der Waals surface area contributed by atoms with Crippen LogP contribution in [0.2, 0.25) is 0 Å². The molecule has 2 aromatic carbocycles. The van der Waals surface area contributed by atoms with E-state index in [0.29, 0.717) is 47.3 Å². The number of ether oxygens (including phenoxy) is 5. The first-order valence-corrected chi connectivity index (χ1v) is 9.61. The molecule has 0 spiro atoms. The van der Waals surface area contributed by atoms with Crippen LogP contribution in [0.3, 0.4) is 0 Å². The van der Waals surface area contributed by atoms with Crippen LogP contribution in [0.5, 0.6) is 23.0 Å². The van der Waals surface area contributed by atoms with Crippen molar-refractivity contribution in [2.24, 2.45) is 0 Å². The van der Waals surface area contributed by atoms with E-state index in [1.165, 1.54) is 0 Å². The Morgan fingerprint density at radius 1 is 0.733 bits per heavy atom. The van der Waals surface area contributed by atoms with Crippen LogP contribution in [0.15, 0.2) is 36.4 Å². The summed E-state index contributed by atoms with van der Waals surface area (Å²) in [5.74, 6) is 0.970. The van der Waals surface area contributed by atoms with E-state index in [1.807, 2.05) is 0 Å². The van der Waals surface area contributed by atoms with Gasteiger partial charge in [0.05, 0.1) is 19.6 Å². The second-order valence-electron chi connectivity index (χ2n) is 6.79. The summed E-state index contributed by atoms with van der Waals surface area (Å²) in [4.78, 5) is 36.6. The van der Waals surface area contributed by atoms with Gasteiger partial charge in [-0.25, -0.2) is 0 Å². The molecule has 8 nitrogen and oxygen atoms in total. The maximum Gasteiger partial charge on any atom is 0.306 e. The highest BCUT2D eigenvalue weighted by atomic mass is 16.7. The highest BCUT2D eigenvalue weighted by Crippen LogP contribution is 2.33. The maximum absolute atomic E-state index is 12.4. The quantitative estimate of drug-likeness (QED) is 0.506. The number of ketones is 2. The molecule has 0 N–H and O–H groups in total. The summed E-state index contributed by atoms with van der Waals surface area (Å²) >= 11 is 0. The van der Waals surface area contributed by atoms with Crippen LogP contribution in [0.4, 0.5) is 0 Å². The molecular weight excluding hydrogens is 392 g/mol. The molecule has 0 aliphatic carbocycles. The molecule has 2 aliphatic heterocycles. The van der Waals surface area contributed by atoms with Crippen molar-refractivity contribution < 1.29 is 38.1 Å². The largest absolute Gasteiger partial charge is 0.490 e. The van der Waals surface area contributed by atoms with Gasteiger partial charge in [0.25, 0.3) is 0 Å². The Labute approximate surface area is 172 Å². The standard InChI is InChI=1S/C22H20O8/c23-16(14-2-5-18-20(10-14)27-9-1-8-26-18)4-7-22(25)28-12-17(24)15-3-6-19-21(11-15)30-13-29-19/h2-3,5-6,10-11H,1,4,7-9,12-13H2. The molecule has 156 valence electrons. The average Bonchev–Trinajstić information content (AvgIpc) is 3.11.